The molecule has 1 saturated carbocycles. The third-order valence-electron chi connectivity index (χ3n) is 8.50. The molecule has 10 heteroatoms. The van der Waals surface area contributed by atoms with E-state index in [2.05, 4.69) is 22.9 Å². The Bertz CT molecular complexity index is 1230. The van der Waals surface area contributed by atoms with E-state index in [0.717, 1.165) is 37.7 Å². The molecule has 1 saturated heterocycles. The fourth-order valence-corrected chi connectivity index (χ4v) is 7.98. The third kappa shape index (κ3) is 9.09. The summed E-state index contributed by atoms with van der Waals surface area (Å²) in [4.78, 5) is 13.7. The van der Waals surface area contributed by atoms with Crippen LogP contribution in [0.4, 0.5) is 11.4 Å². The van der Waals surface area contributed by atoms with Gasteiger partial charge in [0, 0.05) is 36.4 Å². The Morgan fingerprint density at radius 1 is 1.02 bits per heavy atom. The van der Waals surface area contributed by atoms with Crippen molar-refractivity contribution in [1.29, 1.82) is 0 Å². The predicted octanol–water partition coefficient (Wildman–Crippen LogP) is 5.26. The number of amides is 1. The average molecular weight is 621 g/mol. The van der Waals surface area contributed by atoms with Gasteiger partial charge in [0.05, 0.1) is 23.6 Å². The molecule has 2 aromatic rings. The summed E-state index contributed by atoms with van der Waals surface area (Å²) >= 11 is 0. The normalized spacial score (nSPS) is 19.3. The van der Waals surface area contributed by atoms with E-state index in [9.17, 15) is 18.3 Å². The highest BCUT2D eigenvalue weighted by molar-refractivity contribution is 7.92. The molecule has 4 rings (SSSR count). The van der Waals surface area contributed by atoms with Gasteiger partial charge in [-0.1, -0.05) is 62.9 Å². The van der Waals surface area contributed by atoms with Crippen LogP contribution in [0.25, 0.3) is 0 Å². The van der Waals surface area contributed by atoms with Crippen molar-refractivity contribution >= 4 is 39.7 Å². The summed E-state index contributed by atoms with van der Waals surface area (Å²) in [5, 5.41) is 21.5. The van der Waals surface area contributed by atoms with Crippen LogP contribution in [0.2, 0.25) is 0 Å². The van der Waals surface area contributed by atoms with Crippen LogP contribution in [0.5, 0.6) is 0 Å². The molecule has 234 valence electrons. The number of aliphatic hydroxyl groups excluding tert-OH is 1. The minimum absolute atomic E-state index is 0. The van der Waals surface area contributed by atoms with Gasteiger partial charge in [-0.05, 0) is 69.2 Å². The monoisotopic (exact) mass is 620 g/mol. The Hall–Kier alpha value is -2.33. The summed E-state index contributed by atoms with van der Waals surface area (Å²) < 4.78 is 27.1. The Morgan fingerprint density at radius 2 is 1.76 bits per heavy atom. The molecule has 8 nitrogen and oxygen atoms in total. The van der Waals surface area contributed by atoms with E-state index in [1.165, 1.54) is 23.6 Å². The molecule has 4 N–H and O–H groups in total. The number of nitrogens with one attached hydrogen (secondary N) is 3. The number of carbonyl (C=O) groups excluding carboxylic acids is 1. The molecule has 2 atom stereocenters. The lowest BCUT2D eigenvalue weighted by molar-refractivity contribution is 0.0784. The van der Waals surface area contributed by atoms with Gasteiger partial charge in [-0.15, -0.1) is 12.4 Å². The molecule has 0 radical (unpaired) electrons. The number of rotatable bonds is 13. The molecule has 2 aromatic carbocycles. The Labute approximate surface area is 258 Å². The molecule has 0 aromatic heterocycles. The van der Waals surface area contributed by atoms with Crippen LogP contribution in [0.3, 0.4) is 0 Å². The number of sulfonamides is 1. The van der Waals surface area contributed by atoms with Crippen LogP contribution in [0, 0.1) is 0 Å². The summed E-state index contributed by atoms with van der Waals surface area (Å²) in [6, 6.07) is 14.6. The van der Waals surface area contributed by atoms with Gasteiger partial charge >= 0.3 is 0 Å². The van der Waals surface area contributed by atoms with Gasteiger partial charge in [-0.2, -0.15) is 0 Å². The van der Waals surface area contributed by atoms with E-state index in [1.807, 2.05) is 37.3 Å². The van der Waals surface area contributed by atoms with Gasteiger partial charge in [0.25, 0.3) is 5.91 Å². The third-order valence-corrected chi connectivity index (χ3v) is 10.4. The number of carbonyl (C=O) groups is 1. The number of aliphatic hydroxyl groups is 1. The highest BCUT2D eigenvalue weighted by atomic mass is 35.5. The number of benzene rings is 2. The molecular formula is C32H49ClN4O4S. The second-order valence-electron chi connectivity index (χ2n) is 11.7. The Morgan fingerprint density at radius 3 is 2.43 bits per heavy atom. The highest BCUT2D eigenvalue weighted by Gasteiger charge is 2.33. The van der Waals surface area contributed by atoms with E-state index in [-0.39, 0.29) is 29.6 Å². The van der Waals surface area contributed by atoms with Gasteiger partial charge in [0.2, 0.25) is 10.0 Å². The molecule has 2 aliphatic rings. The van der Waals surface area contributed by atoms with E-state index < -0.39 is 22.2 Å². The molecule has 0 unspecified atom stereocenters. The first-order chi connectivity index (χ1) is 19.7. The number of β-amino-alcohol motifs (C(OH)–C–C–N with tert-alkyl or cyclic N) is 1. The van der Waals surface area contributed by atoms with Gasteiger partial charge in [0.15, 0.2) is 0 Å². The summed E-state index contributed by atoms with van der Waals surface area (Å²) in [5.74, 6) is -0.223. The van der Waals surface area contributed by atoms with Crippen molar-refractivity contribution in [3.05, 3.63) is 59.7 Å². The molecular weight excluding hydrogens is 572 g/mol. The van der Waals surface area contributed by atoms with Crippen LogP contribution in [0.15, 0.2) is 48.5 Å². The van der Waals surface area contributed by atoms with E-state index in [4.69, 9.17) is 0 Å². The smallest absolute Gasteiger partial charge is 0.251 e. The number of hydrogen-bond acceptors (Lipinski definition) is 6. The quantitative estimate of drug-likeness (QED) is 0.243. The van der Waals surface area contributed by atoms with Crippen LogP contribution in [-0.4, -0.2) is 62.5 Å². The van der Waals surface area contributed by atoms with Gasteiger partial charge in [-0.3, -0.25) is 9.10 Å². The SMILES string of the molecule is CCCC1(NC[C@@H](O)[C@H](Cc2ccccc2)NC(=O)c2cc(NCC)cc(N3CCCCS3(=O)=O)c2)CCCCC1.Cl. The fourth-order valence-electron chi connectivity index (χ4n) is 6.36. The van der Waals surface area contributed by atoms with Crippen molar-refractivity contribution < 1.29 is 18.3 Å². The second-order valence-corrected chi connectivity index (χ2v) is 13.7. The maximum Gasteiger partial charge on any atom is 0.251 e. The Balaban J connectivity index is 0.00000484. The predicted molar refractivity (Wildman–Crippen MR) is 174 cm³/mol. The van der Waals surface area contributed by atoms with Crippen molar-refractivity contribution in [2.45, 2.75) is 95.7 Å². The van der Waals surface area contributed by atoms with Crippen LogP contribution < -0.4 is 20.3 Å². The number of nitrogens with zero attached hydrogens (tertiary/aromatic N) is 1. The fraction of sp³-hybridized carbons (Fsp3) is 0.594. The lowest BCUT2D eigenvalue weighted by Gasteiger charge is -2.40. The number of hydrogen-bond donors (Lipinski definition) is 4. The zero-order valence-electron chi connectivity index (χ0n) is 25.1. The van der Waals surface area contributed by atoms with E-state index >= 15 is 0 Å². The standard InChI is InChI=1S/C32H48N4O4S.ClH/c1-3-15-32(16-9-6-10-17-32)34-24-30(37)29(20-25-13-7-5-8-14-25)35-31(38)26-21-27(33-4-2)23-28(22-26)36-18-11-12-19-41(36,39)40;/h5,7-8,13-14,21-23,29-30,33-34,37H,3-4,6,9-12,15-20,24H2,1-2H3,(H,35,38);1H/t29-,30+;/m0./s1. The molecule has 1 aliphatic heterocycles. The van der Waals surface area contributed by atoms with Crippen molar-refractivity contribution in [1.82, 2.24) is 10.6 Å². The first kappa shape index (κ1) is 34.2. The number of anilines is 2. The summed E-state index contributed by atoms with van der Waals surface area (Å²) in [5.41, 5.74) is 2.63. The van der Waals surface area contributed by atoms with Crippen molar-refractivity contribution in [3.8, 4) is 0 Å². The average Bonchev–Trinajstić information content (AvgIpc) is 2.96. The maximum absolute atomic E-state index is 13.7. The molecule has 1 amide bonds. The molecule has 0 bridgehead atoms. The molecule has 0 spiro atoms. The first-order valence-electron chi connectivity index (χ1n) is 15.4. The first-order valence-corrected chi connectivity index (χ1v) is 17.0. The van der Waals surface area contributed by atoms with Crippen LogP contribution in [0.1, 0.15) is 87.6 Å². The maximum atomic E-state index is 13.7. The lowest BCUT2D eigenvalue weighted by Crippen LogP contribution is -2.54. The van der Waals surface area contributed by atoms with Crippen LogP contribution >= 0.6 is 12.4 Å². The minimum Gasteiger partial charge on any atom is -0.390 e. The Kier molecular flexibility index (Phi) is 13.0. The summed E-state index contributed by atoms with van der Waals surface area (Å²) in [6.07, 6.45) is 9.16. The second kappa shape index (κ2) is 15.9. The van der Waals surface area contributed by atoms with Gasteiger partial charge in [-0.25, -0.2) is 8.42 Å². The lowest BCUT2D eigenvalue weighted by atomic mass is 9.78. The zero-order chi connectivity index (χ0) is 29.3. The molecule has 42 heavy (non-hydrogen) atoms. The summed E-state index contributed by atoms with van der Waals surface area (Å²) in [7, 11) is -3.43. The summed E-state index contributed by atoms with van der Waals surface area (Å²) in [6.45, 7) is 5.60. The largest absolute Gasteiger partial charge is 0.390 e. The van der Waals surface area contributed by atoms with Gasteiger partial charge < -0.3 is 21.1 Å². The highest BCUT2D eigenvalue weighted by Crippen LogP contribution is 2.32. The topological polar surface area (TPSA) is 111 Å². The van der Waals surface area contributed by atoms with Gasteiger partial charge in [0.1, 0.15) is 0 Å². The molecule has 2 fully saturated rings. The van der Waals surface area contributed by atoms with Crippen LogP contribution in [-0.2, 0) is 16.4 Å². The molecule has 1 aliphatic carbocycles. The van der Waals surface area contributed by atoms with Crippen molar-refractivity contribution in [2.75, 3.05) is 35.0 Å². The van der Waals surface area contributed by atoms with E-state index in [1.54, 1.807) is 18.2 Å². The minimum atomic E-state index is -3.43. The van der Waals surface area contributed by atoms with Crippen molar-refractivity contribution in [3.63, 3.8) is 0 Å². The van der Waals surface area contributed by atoms with Crippen molar-refractivity contribution in [2.24, 2.45) is 0 Å². The zero-order valence-corrected chi connectivity index (χ0v) is 26.7. The number of halogens is 1. The van der Waals surface area contributed by atoms with E-state index in [0.29, 0.717) is 49.4 Å². The molecule has 1 heterocycles.